The van der Waals surface area contributed by atoms with E-state index in [-0.39, 0.29) is 23.7 Å². The largest absolute Gasteiger partial charge is 0.391 e. The Bertz CT molecular complexity index is 248. The molecule has 0 aromatic carbocycles. The molecule has 3 N–H and O–H groups in total. The monoisotopic (exact) mass is 232 g/mol. The number of nitrogens with zero attached hydrogens (tertiary/aromatic N) is 1. The summed E-state index contributed by atoms with van der Waals surface area (Å²) in [6.07, 6.45) is 0.706. The first-order valence-electron chi connectivity index (χ1n) is 4.91. The van der Waals surface area contributed by atoms with E-state index in [1.807, 2.05) is 0 Å². The fraction of sp³-hybridized carbons (Fsp3) is 0.778. The van der Waals surface area contributed by atoms with E-state index in [4.69, 9.17) is 5.73 Å². The first-order chi connectivity index (χ1) is 7.09. The van der Waals surface area contributed by atoms with Crippen LogP contribution in [-0.2, 0) is 9.59 Å². The van der Waals surface area contributed by atoms with Gasteiger partial charge in [0.15, 0.2) is 0 Å². The van der Waals surface area contributed by atoms with Gasteiger partial charge in [-0.2, -0.15) is 11.8 Å². The fourth-order valence-electron chi connectivity index (χ4n) is 1.46. The molecule has 15 heavy (non-hydrogen) atoms. The third-order valence-electron chi connectivity index (χ3n) is 2.22. The number of carbonyl (C=O) groups excluding carboxylic acids is 2. The van der Waals surface area contributed by atoms with Crippen LogP contribution >= 0.6 is 11.8 Å². The van der Waals surface area contributed by atoms with Gasteiger partial charge in [0.25, 0.3) is 0 Å². The SMILES string of the molecule is NC(=O)CSCCC(=O)N1CC[C@H](O)C1. The minimum atomic E-state index is -0.368. The van der Waals surface area contributed by atoms with Crippen LogP contribution in [0.15, 0.2) is 0 Å². The maximum absolute atomic E-state index is 11.5. The Morgan fingerprint density at radius 1 is 1.53 bits per heavy atom. The molecule has 1 rings (SSSR count). The summed E-state index contributed by atoms with van der Waals surface area (Å²) in [5.41, 5.74) is 4.96. The van der Waals surface area contributed by atoms with Gasteiger partial charge in [0.2, 0.25) is 11.8 Å². The van der Waals surface area contributed by atoms with Crippen LogP contribution in [0, 0.1) is 0 Å². The van der Waals surface area contributed by atoms with Gasteiger partial charge in [-0.3, -0.25) is 9.59 Å². The Kier molecular flexibility index (Phi) is 4.90. The van der Waals surface area contributed by atoms with Crippen molar-refractivity contribution in [3.8, 4) is 0 Å². The first-order valence-corrected chi connectivity index (χ1v) is 6.07. The van der Waals surface area contributed by atoms with E-state index in [1.54, 1.807) is 4.90 Å². The van der Waals surface area contributed by atoms with Gasteiger partial charge >= 0.3 is 0 Å². The van der Waals surface area contributed by atoms with E-state index in [2.05, 4.69) is 0 Å². The number of thioether (sulfide) groups is 1. The molecule has 0 bridgehead atoms. The summed E-state index contributed by atoms with van der Waals surface area (Å²) >= 11 is 1.36. The fourth-order valence-corrected chi connectivity index (χ4v) is 2.12. The van der Waals surface area contributed by atoms with Crippen LogP contribution in [0.5, 0.6) is 0 Å². The van der Waals surface area contributed by atoms with Crippen molar-refractivity contribution in [1.82, 2.24) is 4.90 Å². The summed E-state index contributed by atoms with van der Waals surface area (Å²) in [4.78, 5) is 23.6. The average molecular weight is 232 g/mol. The van der Waals surface area contributed by atoms with Crippen molar-refractivity contribution in [2.75, 3.05) is 24.6 Å². The van der Waals surface area contributed by atoms with Crippen molar-refractivity contribution >= 4 is 23.6 Å². The summed E-state index contributed by atoms with van der Waals surface area (Å²) in [7, 11) is 0. The molecule has 1 fully saturated rings. The Morgan fingerprint density at radius 3 is 2.80 bits per heavy atom. The van der Waals surface area contributed by atoms with Gasteiger partial charge in [-0.15, -0.1) is 0 Å². The number of hydrogen-bond acceptors (Lipinski definition) is 4. The smallest absolute Gasteiger partial charge is 0.227 e. The Hall–Kier alpha value is -0.750. The standard InChI is InChI=1S/C9H16N2O3S/c10-8(13)6-15-4-2-9(14)11-3-1-7(12)5-11/h7,12H,1-6H2,(H2,10,13)/t7-/m0/s1. The second kappa shape index (κ2) is 5.97. The molecule has 0 radical (unpaired) electrons. The van der Waals surface area contributed by atoms with Crippen molar-refractivity contribution in [3.05, 3.63) is 0 Å². The van der Waals surface area contributed by atoms with Gasteiger partial charge in [-0.05, 0) is 6.42 Å². The average Bonchev–Trinajstić information content (AvgIpc) is 2.59. The molecule has 2 amide bonds. The van der Waals surface area contributed by atoms with Crippen molar-refractivity contribution in [1.29, 1.82) is 0 Å². The molecule has 1 heterocycles. The predicted octanol–water partition coefficient (Wildman–Crippen LogP) is -0.812. The van der Waals surface area contributed by atoms with Gasteiger partial charge in [0, 0.05) is 25.3 Å². The molecular formula is C9H16N2O3S. The first kappa shape index (κ1) is 12.3. The number of β-amino-alcohol motifs (C(OH)–C–C–N with tert-alkyl or cyclic N) is 1. The number of hydrogen-bond donors (Lipinski definition) is 2. The van der Waals surface area contributed by atoms with Gasteiger partial charge in [0.1, 0.15) is 0 Å². The molecule has 0 aromatic rings. The normalized spacial score (nSPS) is 20.6. The lowest BCUT2D eigenvalue weighted by Crippen LogP contribution is -2.29. The Labute approximate surface area is 93.0 Å². The van der Waals surface area contributed by atoms with Gasteiger partial charge in [-0.1, -0.05) is 0 Å². The maximum atomic E-state index is 11.5. The summed E-state index contributed by atoms with van der Waals surface area (Å²) in [6.45, 7) is 1.08. The molecule has 5 nitrogen and oxygen atoms in total. The van der Waals surface area contributed by atoms with E-state index < -0.39 is 0 Å². The van der Waals surface area contributed by atoms with Crippen molar-refractivity contribution in [2.24, 2.45) is 5.73 Å². The zero-order chi connectivity index (χ0) is 11.3. The van der Waals surface area contributed by atoms with Crippen molar-refractivity contribution in [2.45, 2.75) is 18.9 Å². The highest BCUT2D eigenvalue weighted by Crippen LogP contribution is 2.11. The second-order valence-corrected chi connectivity index (χ2v) is 4.66. The van der Waals surface area contributed by atoms with Gasteiger partial charge in [0.05, 0.1) is 11.9 Å². The topological polar surface area (TPSA) is 83.6 Å². The molecule has 1 aliphatic heterocycles. The van der Waals surface area contributed by atoms with Crippen LogP contribution in [-0.4, -0.2) is 52.5 Å². The predicted molar refractivity (Wildman–Crippen MR) is 58.3 cm³/mol. The highest BCUT2D eigenvalue weighted by Gasteiger charge is 2.23. The molecular weight excluding hydrogens is 216 g/mol. The number of nitrogens with two attached hydrogens (primary N) is 1. The zero-order valence-corrected chi connectivity index (χ0v) is 9.33. The lowest BCUT2D eigenvalue weighted by Gasteiger charge is -2.14. The Morgan fingerprint density at radius 2 is 2.27 bits per heavy atom. The zero-order valence-electron chi connectivity index (χ0n) is 8.52. The number of likely N-dealkylation sites (tertiary alicyclic amines) is 1. The van der Waals surface area contributed by atoms with E-state index in [1.165, 1.54) is 11.8 Å². The highest BCUT2D eigenvalue weighted by atomic mass is 32.2. The minimum Gasteiger partial charge on any atom is -0.391 e. The minimum absolute atomic E-state index is 0.0449. The molecule has 0 saturated carbocycles. The summed E-state index contributed by atoms with van der Waals surface area (Å²) < 4.78 is 0. The van der Waals surface area contributed by atoms with E-state index in [0.717, 1.165) is 0 Å². The summed E-state index contributed by atoms with van der Waals surface area (Å²) in [6, 6.07) is 0. The summed E-state index contributed by atoms with van der Waals surface area (Å²) in [5, 5.41) is 9.23. The highest BCUT2D eigenvalue weighted by molar-refractivity contribution is 7.99. The lowest BCUT2D eigenvalue weighted by molar-refractivity contribution is -0.130. The van der Waals surface area contributed by atoms with Crippen LogP contribution in [0.3, 0.4) is 0 Å². The molecule has 0 aromatic heterocycles. The third-order valence-corrected chi connectivity index (χ3v) is 3.20. The van der Waals surface area contributed by atoms with Gasteiger partial charge in [-0.25, -0.2) is 0 Å². The number of amides is 2. The van der Waals surface area contributed by atoms with Crippen LogP contribution in [0.4, 0.5) is 0 Å². The van der Waals surface area contributed by atoms with Crippen LogP contribution in [0.2, 0.25) is 0 Å². The number of carbonyl (C=O) groups is 2. The van der Waals surface area contributed by atoms with E-state index in [0.29, 0.717) is 31.7 Å². The molecule has 0 unspecified atom stereocenters. The molecule has 1 atom stereocenters. The summed E-state index contributed by atoms with van der Waals surface area (Å²) in [5.74, 6) is 0.553. The third kappa shape index (κ3) is 4.53. The maximum Gasteiger partial charge on any atom is 0.227 e. The van der Waals surface area contributed by atoms with Crippen molar-refractivity contribution in [3.63, 3.8) is 0 Å². The molecule has 1 saturated heterocycles. The second-order valence-electron chi connectivity index (χ2n) is 3.55. The molecule has 1 aliphatic rings. The quantitative estimate of drug-likeness (QED) is 0.607. The van der Waals surface area contributed by atoms with Crippen LogP contribution < -0.4 is 5.73 Å². The molecule has 6 heteroatoms. The molecule has 86 valence electrons. The van der Waals surface area contributed by atoms with E-state index in [9.17, 15) is 14.7 Å². The number of aliphatic hydroxyl groups is 1. The molecule has 0 spiro atoms. The molecule has 0 aliphatic carbocycles. The number of rotatable bonds is 5. The van der Waals surface area contributed by atoms with Gasteiger partial charge < -0.3 is 15.7 Å². The number of primary amides is 1. The van der Waals surface area contributed by atoms with Crippen LogP contribution in [0.25, 0.3) is 0 Å². The van der Waals surface area contributed by atoms with Crippen LogP contribution in [0.1, 0.15) is 12.8 Å². The Balaban J connectivity index is 2.11. The van der Waals surface area contributed by atoms with Crippen molar-refractivity contribution < 1.29 is 14.7 Å². The number of aliphatic hydroxyl groups excluding tert-OH is 1. The lowest BCUT2D eigenvalue weighted by atomic mass is 10.3. The van der Waals surface area contributed by atoms with E-state index >= 15 is 0 Å².